The van der Waals surface area contributed by atoms with E-state index in [4.69, 9.17) is 27.9 Å². The molecule has 0 aromatic heterocycles. The normalized spacial score (nSPS) is 21.3. The first-order chi connectivity index (χ1) is 8.59. The second-order valence-electron chi connectivity index (χ2n) is 5.13. The summed E-state index contributed by atoms with van der Waals surface area (Å²) in [6, 6.07) is 5.53. The third-order valence-corrected chi connectivity index (χ3v) is 4.20. The first-order valence-electron chi connectivity index (χ1n) is 6.41. The highest BCUT2D eigenvalue weighted by atomic mass is 35.5. The Balaban J connectivity index is 2.15. The summed E-state index contributed by atoms with van der Waals surface area (Å²) in [5.74, 6) is 1.68. The summed E-state index contributed by atoms with van der Waals surface area (Å²) in [7, 11) is 0. The van der Waals surface area contributed by atoms with Crippen LogP contribution in [0.5, 0.6) is 5.75 Å². The Morgan fingerprint density at radius 3 is 2.72 bits per heavy atom. The van der Waals surface area contributed by atoms with Gasteiger partial charge in [0, 0.05) is 12.5 Å². The van der Waals surface area contributed by atoms with Gasteiger partial charge in [-0.25, -0.2) is 0 Å². The van der Waals surface area contributed by atoms with Crippen molar-refractivity contribution in [2.45, 2.75) is 26.4 Å². The van der Waals surface area contributed by atoms with Gasteiger partial charge in [0.15, 0.2) is 0 Å². The van der Waals surface area contributed by atoms with Crippen LogP contribution in [-0.2, 0) is 0 Å². The lowest BCUT2D eigenvalue weighted by atomic mass is 9.92. The zero-order valence-electron chi connectivity index (χ0n) is 10.7. The maximum absolute atomic E-state index is 6.18. The van der Waals surface area contributed by atoms with Crippen LogP contribution in [0.2, 0.25) is 10.0 Å². The molecule has 4 heteroatoms. The highest BCUT2D eigenvalue weighted by molar-refractivity contribution is 6.42. The topological polar surface area (TPSA) is 21.3 Å². The molecule has 1 aliphatic rings. The zero-order chi connectivity index (χ0) is 13.1. The third kappa shape index (κ3) is 3.11. The van der Waals surface area contributed by atoms with E-state index in [9.17, 15) is 0 Å². The van der Waals surface area contributed by atoms with Crippen LogP contribution in [0.25, 0.3) is 0 Å². The van der Waals surface area contributed by atoms with E-state index in [2.05, 4.69) is 19.2 Å². The van der Waals surface area contributed by atoms with Gasteiger partial charge in [-0.2, -0.15) is 0 Å². The molecule has 2 rings (SSSR count). The Morgan fingerprint density at radius 2 is 2.11 bits per heavy atom. The van der Waals surface area contributed by atoms with Crippen LogP contribution in [0.4, 0.5) is 0 Å². The molecule has 0 bridgehead atoms. The first-order valence-corrected chi connectivity index (χ1v) is 7.16. The van der Waals surface area contributed by atoms with Crippen molar-refractivity contribution >= 4 is 23.2 Å². The Hall–Kier alpha value is -0.440. The molecule has 2 unspecified atom stereocenters. The maximum atomic E-state index is 6.18. The van der Waals surface area contributed by atoms with E-state index in [0.717, 1.165) is 19.5 Å². The summed E-state index contributed by atoms with van der Waals surface area (Å²) in [5.41, 5.74) is 0. The smallest absolute Gasteiger partial charge is 0.139 e. The molecule has 1 heterocycles. The summed E-state index contributed by atoms with van der Waals surface area (Å²) in [6.07, 6.45) is 1.33. The van der Waals surface area contributed by atoms with Gasteiger partial charge in [-0.05, 0) is 31.0 Å². The molecular weight excluding hydrogens is 269 g/mol. The first kappa shape index (κ1) is 14.0. The van der Waals surface area contributed by atoms with Crippen LogP contribution >= 0.6 is 23.2 Å². The molecule has 0 aliphatic carbocycles. The quantitative estimate of drug-likeness (QED) is 0.904. The minimum atomic E-state index is 0.177. The molecule has 2 atom stereocenters. The summed E-state index contributed by atoms with van der Waals surface area (Å²) >= 11 is 12.2. The molecule has 1 aliphatic heterocycles. The van der Waals surface area contributed by atoms with Crippen LogP contribution in [0.3, 0.4) is 0 Å². The summed E-state index contributed by atoms with van der Waals surface area (Å²) in [5, 5.41) is 4.43. The predicted molar refractivity (Wildman–Crippen MR) is 76.7 cm³/mol. The predicted octanol–water partition coefficient (Wildman–Crippen LogP) is 4.01. The molecule has 0 spiro atoms. The summed E-state index contributed by atoms with van der Waals surface area (Å²) in [4.78, 5) is 0. The van der Waals surface area contributed by atoms with E-state index in [0.29, 0.717) is 27.6 Å². The van der Waals surface area contributed by atoms with Gasteiger partial charge in [0.1, 0.15) is 16.9 Å². The van der Waals surface area contributed by atoms with Crippen molar-refractivity contribution in [3.63, 3.8) is 0 Å². The molecule has 0 radical (unpaired) electrons. The number of hydrogen-bond donors (Lipinski definition) is 1. The minimum absolute atomic E-state index is 0.177. The van der Waals surface area contributed by atoms with Crippen LogP contribution in [0.1, 0.15) is 20.3 Å². The monoisotopic (exact) mass is 287 g/mol. The minimum Gasteiger partial charge on any atom is -0.488 e. The molecule has 1 saturated heterocycles. The molecule has 1 aromatic carbocycles. The number of rotatable bonds is 4. The number of nitrogens with one attached hydrogen (secondary N) is 1. The van der Waals surface area contributed by atoms with Crippen LogP contribution in [-0.4, -0.2) is 19.2 Å². The molecule has 1 aromatic rings. The van der Waals surface area contributed by atoms with E-state index in [1.165, 1.54) is 0 Å². The molecule has 100 valence electrons. The molecular formula is C14H19Cl2NO. The van der Waals surface area contributed by atoms with Crippen molar-refractivity contribution in [1.82, 2.24) is 5.32 Å². The molecule has 1 fully saturated rings. The van der Waals surface area contributed by atoms with Crippen molar-refractivity contribution in [1.29, 1.82) is 0 Å². The maximum Gasteiger partial charge on any atom is 0.139 e. The van der Waals surface area contributed by atoms with Crippen molar-refractivity contribution in [2.24, 2.45) is 11.8 Å². The van der Waals surface area contributed by atoms with E-state index < -0.39 is 0 Å². The summed E-state index contributed by atoms with van der Waals surface area (Å²) in [6.45, 7) is 6.45. The number of benzene rings is 1. The van der Waals surface area contributed by atoms with Gasteiger partial charge >= 0.3 is 0 Å². The third-order valence-electron chi connectivity index (χ3n) is 3.40. The van der Waals surface area contributed by atoms with E-state index in [-0.39, 0.29) is 6.10 Å². The Morgan fingerprint density at radius 1 is 1.33 bits per heavy atom. The number of halogens is 2. The fourth-order valence-electron chi connectivity index (χ4n) is 2.46. The number of hydrogen-bond acceptors (Lipinski definition) is 2. The van der Waals surface area contributed by atoms with Crippen LogP contribution in [0, 0.1) is 11.8 Å². The van der Waals surface area contributed by atoms with Gasteiger partial charge in [0.25, 0.3) is 0 Å². The Kier molecular flexibility index (Phi) is 4.77. The fourth-order valence-corrected chi connectivity index (χ4v) is 2.79. The average molecular weight is 288 g/mol. The SMILES string of the molecule is CC(C)C(Oc1cccc(Cl)c1Cl)C1CCNC1. The van der Waals surface area contributed by atoms with Gasteiger partial charge in [0.05, 0.1) is 5.02 Å². The fraction of sp³-hybridized carbons (Fsp3) is 0.571. The van der Waals surface area contributed by atoms with Crippen molar-refractivity contribution < 1.29 is 4.74 Å². The van der Waals surface area contributed by atoms with Gasteiger partial charge in [-0.3, -0.25) is 0 Å². The number of ether oxygens (including phenoxy) is 1. The lowest BCUT2D eigenvalue weighted by Crippen LogP contribution is -2.33. The molecule has 18 heavy (non-hydrogen) atoms. The van der Waals surface area contributed by atoms with Gasteiger partial charge in [-0.15, -0.1) is 0 Å². The second-order valence-corrected chi connectivity index (χ2v) is 5.92. The Labute approximate surface area is 119 Å². The van der Waals surface area contributed by atoms with E-state index in [1.807, 2.05) is 12.1 Å². The largest absolute Gasteiger partial charge is 0.488 e. The zero-order valence-corrected chi connectivity index (χ0v) is 12.3. The van der Waals surface area contributed by atoms with Gasteiger partial charge in [0.2, 0.25) is 0 Å². The Bertz CT molecular complexity index is 403. The molecule has 0 saturated carbocycles. The van der Waals surface area contributed by atoms with Crippen molar-refractivity contribution in [2.75, 3.05) is 13.1 Å². The lowest BCUT2D eigenvalue weighted by Gasteiger charge is -2.28. The standard InChI is InChI=1S/C14H19Cl2NO/c1-9(2)14(10-6-7-17-8-10)18-12-5-3-4-11(15)13(12)16/h3-5,9-10,14,17H,6-8H2,1-2H3. The lowest BCUT2D eigenvalue weighted by molar-refractivity contribution is 0.0975. The average Bonchev–Trinajstić information content (AvgIpc) is 2.84. The van der Waals surface area contributed by atoms with Crippen molar-refractivity contribution in [3.8, 4) is 5.75 Å². The van der Waals surface area contributed by atoms with Gasteiger partial charge < -0.3 is 10.1 Å². The molecule has 2 nitrogen and oxygen atoms in total. The summed E-state index contributed by atoms with van der Waals surface area (Å²) < 4.78 is 6.12. The van der Waals surface area contributed by atoms with E-state index >= 15 is 0 Å². The van der Waals surface area contributed by atoms with Crippen LogP contribution in [0.15, 0.2) is 18.2 Å². The van der Waals surface area contributed by atoms with E-state index in [1.54, 1.807) is 6.07 Å². The molecule has 1 N–H and O–H groups in total. The highest BCUT2D eigenvalue weighted by Gasteiger charge is 2.29. The molecule has 0 amide bonds. The van der Waals surface area contributed by atoms with Crippen LogP contribution < -0.4 is 10.1 Å². The highest BCUT2D eigenvalue weighted by Crippen LogP contribution is 2.34. The van der Waals surface area contributed by atoms with Gasteiger partial charge in [-0.1, -0.05) is 43.1 Å². The second kappa shape index (κ2) is 6.14. The van der Waals surface area contributed by atoms with Crippen molar-refractivity contribution in [3.05, 3.63) is 28.2 Å².